The topological polar surface area (TPSA) is 12.0 Å². The summed E-state index contributed by atoms with van der Waals surface area (Å²) >= 11 is -0.117. The number of benzene rings is 1. The van der Waals surface area contributed by atoms with Crippen molar-refractivity contribution in [3.8, 4) is 0 Å². The Kier molecular flexibility index (Phi) is 7.75. The molecule has 1 aliphatic carbocycles. The van der Waals surface area contributed by atoms with Crippen LogP contribution >= 0.6 is 0 Å². The molecule has 1 saturated heterocycles. The van der Waals surface area contributed by atoms with Crippen molar-refractivity contribution in [1.29, 1.82) is 0 Å². The quantitative estimate of drug-likeness (QED) is 0.552. The molecule has 1 heterocycles. The van der Waals surface area contributed by atoms with Crippen LogP contribution in [0.4, 0.5) is 8.78 Å². The average molecular weight is 423 g/mol. The Bertz CT molecular complexity index is 604. The molecule has 2 fully saturated rings. The number of allylic oxidation sites excluding steroid dienone is 1. The summed E-state index contributed by atoms with van der Waals surface area (Å²) < 4.78 is 27.8. The van der Waals surface area contributed by atoms with Gasteiger partial charge < -0.3 is 0 Å². The summed E-state index contributed by atoms with van der Waals surface area (Å²) in [6.45, 7) is 3.28. The second-order valence-corrected chi connectivity index (χ2v) is 11.2. The Labute approximate surface area is 163 Å². The summed E-state index contributed by atoms with van der Waals surface area (Å²) in [6, 6.07) is 4.58. The van der Waals surface area contributed by atoms with Gasteiger partial charge >= 0.3 is 164 Å². The first-order valence-electron chi connectivity index (χ1n) is 10.2. The van der Waals surface area contributed by atoms with Crippen LogP contribution in [0, 0.1) is 17.6 Å². The van der Waals surface area contributed by atoms with E-state index in [1.807, 2.05) is 6.08 Å². The fraction of sp³-hybridized carbons (Fsp3) is 0.636. The maximum absolute atomic E-state index is 13.9. The SMILES string of the molecule is CC(=Cc1ccc(F)cc1F)C[AsH]C(CC1CCCCC1)C1CCCN1. The van der Waals surface area contributed by atoms with Crippen LogP contribution < -0.4 is 5.32 Å². The standard InChI is InChI=1S/C22H32AsF2N/c1-16(12-18-9-10-19(24)14-21(18)25)15-23-20(22-8-5-11-26-22)13-17-6-3-2-4-7-17/h9-10,12,14,17,20,22-23,26H,2-8,11,13,15H2,1H3. The van der Waals surface area contributed by atoms with Crippen molar-refractivity contribution in [2.24, 2.45) is 5.92 Å². The minimum atomic E-state index is -0.509. The predicted molar refractivity (Wildman–Crippen MR) is 108 cm³/mol. The van der Waals surface area contributed by atoms with Crippen molar-refractivity contribution < 1.29 is 8.78 Å². The Morgan fingerprint density at radius 1 is 1.19 bits per heavy atom. The Balaban J connectivity index is 1.59. The van der Waals surface area contributed by atoms with E-state index < -0.39 is 11.6 Å². The van der Waals surface area contributed by atoms with E-state index in [1.165, 1.54) is 69.6 Å². The molecule has 0 aromatic heterocycles. The Hall–Kier alpha value is -0.662. The first-order valence-corrected chi connectivity index (χ1v) is 12.9. The fourth-order valence-corrected chi connectivity index (χ4v) is 8.14. The van der Waals surface area contributed by atoms with Gasteiger partial charge in [-0.1, -0.05) is 0 Å². The fourth-order valence-electron chi connectivity index (χ4n) is 4.45. The van der Waals surface area contributed by atoms with Crippen molar-refractivity contribution in [3.63, 3.8) is 0 Å². The number of nitrogens with one attached hydrogen (secondary N) is 1. The van der Waals surface area contributed by atoms with Crippen LogP contribution in [0.2, 0.25) is 9.91 Å². The minimum absolute atomic E-state index is 0.117. The number of hydrogen-bond acceptors (Lipinski definition) is 1. The van der Waals surface area contributed by atoms with Crippen LogP contribution in [0.3, 0.4) is 0 Å². The third kappa shape index (κ3) is 5.92. The van der Waals surface area contributed by atoms with Crippen molar-refractivity contribution in [2.75, 3.05) is 6.54 Å². The van der Waals surface area contributed by atoms with Crippen LogP contribution in [0.25, 0.3) is 6.08 Å². The summed E-state index contributed by atoms with van der Waals surface area (Å²) in [5.74, 6) is -0.0371. The van der Waals surface area contributed by atoms with Crippen molar-refractivity contribution >= 4 is 21.8 Å². The summed E-state index contributed by atoms with van der Waals surface area (Å²) in [6.07, 6.45) is 13.1. The maximum atomic E-state index is 13.9. The second kappa shape index (κ2) is 10.0. The van der Waals surface area contributed by atoms with E-state index in [0.29, 0.717) is 11.6 Å². The molecule has 1 aromatic carbocycles. The molecular weight excluding hydrogens is 391 g/mol. The Morgan fingerprint density at radius 3 is 2.69 bits per heavy atom. The van der Waals surface area contributed by atoms with Gasteiger partial charge in [-0.3, -0.25) is 0 Å². The monoisotopic (exact) mass is 423 g/mol. The molecule has 3 rings (SSSR count). The molecule has 1 aliphatic heterocycles. The zero-order valence-electron chi connectivity index (χ0n) is 15.9. The van der Waals surface area contributed by atoms with E-state index in [-0.39, 0.29) is 15.8 Å². The second-order valence-electron chi connectivity index (χ2n) is 8.09. The van der Waals surface area contributed by atoms with Gasteiger partial charge in [-0.05, 0) is 0 Å². The van der Waals surface area contributed by atoms with Crippen molar-refractivity contribution in [2.45, 2.75) is 74.2 Å². The molecule has 3 atom stereocenters. The first kappa shape index (κ1) is 20.1. The zero-order chi connectivity index (χ0) is 18.4. The average Bonchev–Trinajstić information content (AvgIpc) is 3.16. The van der Waals surface area contributed by atoms with Crippen LogP contribution in [0.5, 0.6) is 0 Å². The van der Waals surface area contributed by atoms with Crippen LogP contribution in [-0.4, -0.2) is 28.3 Å². The van der Waals surface area contributed by atoms with E-state index in [0.717, 1.165) is 21.9 Å². The van der Waals surface area contributed by atoms with Gasteiger partial charge in [-0.2, -0.15) is 0 Å². The molecule has 1 N–H and O–H groups in total. The molecule has 1 saturated carbocycles. The molecule has 2 aliphatic rings. The van der Waals surface area contributed by atoms with E-state index in [4.69, 9.17) is 0 Å². The van der Waals surface area contributed by atoms with Gasteiger partial charge in [0.2, 0.25) is 0 Å². The van der Waals surface area contributed by atoms with Crippen LogP contribution in [-0.2, 0) is 0 Å². The first-order chi connectivity index (χ1) is 12.6. The molecular formula is C22H32AsF2N. The predicted octanol–water partition coefficient (Wildman–Crippen LogP) is 5.73. The van der Waals surface area contributed by atoms with Gasteiger partial charge in [0.15, 0.2) is 0 Å². The van der Waals surface area contributed by atoms with Crippen molar-refractivity contribution in [3.05, 3.63) is 41.0 Å². The summed E-state index contributed by atoms with van der Waals surface area (Å²) in [4.78, 5) is 0. The van der Waals surface area contributed by atoms with E-state index in [9.17, 15) is 8.78 Å². The molecule has 3 unspecified atom stereocenters. The van der Waals surface area contributed by atoms with Crippen LogP contribution in [0.1, 0.15) is 63.9 Å². The van der Waals surface area contributed by atoms with E-state index >= 15 is 0 Å². The third-order valence-electron chi connectivity index (χ3n) is 5.90. The Morgan fingerprint density at radius 2 is 2.00 bits per heavy atom. The normalized spacial score (nSPS) is 23.8. The van der Waals surface area contributed by atoms with Gasteiger partial charge in [-0.15, -0.1) is 0 Å². The molecule has 144 valence electrons. The number of rotatable bonds is 7. The molecule has 1 nitrogen and oxygen atoms in total. The molecule has 1 aromatic rings. The molecule has 26 heavy (non-hydrogen) atoms. The summed E-state index contributed by atoms with van der Waals surface area (Å²) in [5, 5.41) is 4.86. The van der Waals surface area contributed by atoms with Gasteiger partial charge in [-0.25, -0.2) is 0 Å². The van der Waals surface area contributed by atoms with Gasteiger partial charge in [0.05, 0.1) is 0 Å². The van der Waals surface area contributed by atoms with Crippen molar-refractivity contribution in [1.82, 2.24) is 5.32 Å². The summed E-state index contributed by atoms with van der Waals surface area (Å²) in [5.41, 5.74) is 1.75. The number of hydrogen-bond donors (Lipinski definition) is 1. The molecule has 0 amide bonds. The molecule has 4 heteroatoms. The molecule has 0 bridgehead atoms. The van der Waals surface area contributed by atoms with Gasteiger partial charge in [0, 0.05) is 0 Å². The number of halogens is 2. The van der Waals surface area contributed by atoms with Gasteiger partial charge in [0.1, 0.15) is 0 Å². The van der Waals surface area contributed by atoms with E-state index in [1.54, 1.807) is 6.07 Å². The molecule has 0 spiro atoms. The van der Waals surface area contributed by atoms with Gasteiger partial charge in [0.25, 0.3) is 0 Å². The third-order valence-corrected chi connectivity index (χ3v) is 9.94. The van der Waals surface area contributed by atoms with Crippen LogP contribution in [0.15, 0.2) is 23.8 Å². The summed E-state index contributed by atoms with van der Waals surface area (Å²) in [7, 11) is 0. The molecule has 0 radical (unpaired) electrons. The van der Waals surface area contributed by atoms with E-state index in [2.05, 4.69) is 12.2 Å². The zero-order valence-corrected chi connectivity index (χ0v) is 18.0.